The average molecular weight is 300 g/mol. The van der Waals surface area contributed by atoms with Crippen molar-refractivity contribution < 1.29 is 4.79 Å². The number of hydrogen-bond donors (Lipinski definition) is 0. The van der Waals surface area contributed by atoms with E-state index < -0.39 is 0 Å². The third-order valence-corrected chi connectivity index (χ3v) is 4.92. The summed E-state index contributed by atoms with van der Waals surface area (Å²) in [5.74, 6) is 0.761. The van der Waals surface area contributed by atoms with Crippen molar-refractivity contribution in [1.29, 1.82) is 0 Å². The Balaban J connectivity index is 1.67. The van der Waals surface area contributed by atoms with Gasteiger partial charge in [0.05, 0.1) is 17.2 Å². The number of likely N-dealkylation sites (tertiary alicyclic amines) is 1. The van der Waals surface area contributed by atoms with Crippen LogP contribution in [0.4, 0.5) is 0 Å². The Kier molecular flexibility index (Phi) is 4.34. The highest BCUT2D eigenvalue weighted by atomic mass is 32.1. The molecule has 3 nitrogen and oxygen atoms in total. The molecule has 1 fully saturated rings. The van der Waals surface area contributed by atoms with Gasteiger partial charge in [-0.2, -0.15) is 0 Å². The van der Waals surface area contributed by atoms with E-state index in [4.69, 9.17) is 0 Å². The number of hydrogen-bond acceptors (Lipinski definition) is 3. The molecule has 2 aromatic rings. The number of amides is 1. The van der Waals surface area contributed by atoms with Crippen LogP contribution >= 0.6 is 11.3 Å². The van der Waals surface area contributed by atoms with Crippen molar-refractivity contribution in [3.8, 4) is 0 Å². The van der Waals surface area contributed by atoms with Crippen LogP contribution in [0.25, 0.3) is 0 Å². The van der Waals surface area contributed by atoms with Crippen molar-refractivity contribution in [2.75, 3.05) is 6.54 Å². The molecule has 1 aliphatic heterocycles. The van der Waals surface area contributed by atoms with Crippen LogP contribution in [-0.2, 0) is 11.3 Å². The molecule has 0 spiro atoms. The van der Waals surface area contributed by atoms with Crippen LogP contribution in [0.2, 0.25) is 0 Å². The summed E-state index contributed by atoms with van der Waals surface area (Å²) in [7, 11) is 0. The summed E-state index contributed by atoms with van der Waals surface area (Å²) in [5, 5.41) is 3.12. The number of carbonyl (C=O) groups excluding carboxylic acids is 1. The van der Waals surface area contributed by atoms with E-state index in [1.807, 2.05) is 17.9 Å². The highest BCUT2D eigenvalue weighted by Gasteiger charge is 2.23. The minimum absolute atomic E-state index is 0.263. The number of carbonyl (C=O) groups is 1. The molecule has 1 saturated heterocycles. The molecule has 1 amide bonds. The van der Waals surface area contributed by atoms with Crippen LogP contribution in [0.3, 0.4) is 0 Å². The molecule has 0 radical (unpaired) electrons. The molecule has 0 aliphatic carbocycles. The first-order valence-corrected chi connectivity index (χ1v) is 8.34. The number of nitrogens with zero attached hydrogens (tertiary/aromatic N) is 2. The van der Waals surface area contributed by atoms with Gasteiger partial charge >= 0.3 is 0 Å². The monoisotopic (exact) mass is 300 g/mol. The van der Waals surface area contributed by atoms with Gasteiger partial charge in [0.1, 0.15) is 0 Å². The van der Waals surface area contributed by atoms with E-state index in [-0.39, 0.29) is 5.91 Å². The summed E-state index contributed by atoms with van der Waals surface area (Å²) in [5.41, 5.74) is 2.38. The van der Waals surface area contributed by atoms with Gasteiger partial charge in [-0.1, -0.05) is 30.3 Å². The summed E-state index contributed by atoms with van der Waals surface area (Å²) in [6, 6.07) is 10.6. The van der Waals surface area contributed by atoms with Gasteiger partial charge in [0, 0.05) is 18.3 Å². The lowest BCUT2D eigenvalue weighted by Crippen LogP contribution is -2.29. The molecule has 1 unspecified atom stereocenters. The van der Waals surface area contributed by atoms with E-state index in [1.165, 1.54) is 5.56 Å². The third-order valence-electron chi connectivity index (χ3n) is 4.10. The number of aromatic nitrogens is 1. The number of rotatable bonds is 3. The zero-order valence-corrected chi connectivity index (χ0v) is 13.1. The smallest absolute Gasteiger partial charge is 0.222 e. The largest absolute Gasteiger partial charge is 0.337 e. The standard InChI is InChI=1S/C17H20N2OS/c1-13-18-16(12-21-13)11-19-10-9-15(7-8-17(19)20)14-5-3-2-4-6-14/h2-6,12,15H,7-11H2,1H3. The minimum atomic E-state index is 0.263. The molecule has 4 heteroatoms. The van der Waals surface area contributed by atoms with Crippen LogP contribution < -0.4 is 0 Å². The number of benzene rings is 1. The minimum Gasteiger partial charge on any atom is -0.337 e. The van der Waals surface area contributed by atoms with Crippen LogP contribution in [0.15, 0.2) is 35.7 Å². The number of aryl methyl sites for hydroxylation is 1. The maximum atomic E-state index is 12.3. The lowest BCUT2D eigenvalue weighted by Gasteiger charge is -2.19. The molecular weight excluding hydrogens is 280 g/mol. The molecular formula is C17H20N2OS. The fourth-order valence-electron chi connectivity index (χ4n) is 2.94. The van der Waals surface area contributed by atoms with Crippen molar-refractivity contribution in [2.24, 2.45) is 0 Å². The molecule has 21 heavy (non-hydrogen) atoms. The van der Waals surface area contributed by atoms with Gasteiger partial charge < -0.3 is 4.90 Å². The summed E-state index contributed by atoms with van der Waals surface area (Å²) in [6.07, 6.45) is 2.64. The average Bonchev–Trinajstić information content (AvgIpc) is 2.82. The zero-order chi connectivity index (χ0) is 14.7. The fourth-order valence-corrected chi connectivity index (χ4v) is 3.54. The second kappa shape index (κ2) is 6.39. The van der Waals surface area contributed by atoms with Crippen molar-refractivity contribution >= 4 is 17.2 Å². The molecule has 1 atom stereocenters. The van der Waals surface area contributed by atoms with Gasteiger partial charge in [-0.25, -0.2) is 4.98 Å². The molecule has 1 aliphatic rings. The lowest BCUT2D eigenvalue weighted by atomic mass is 9.92. The van der Waals surface area contributed by atoms with E-state index in [0.29, 0.717) is 18.9 Å². The predicted octanol–water partition coefficient (Wildman–Crippen LogP) is 3.75. The van der Waals surface area contributed by atoms with Gasteiger partial charge in [-0.3, -0.25) is 4.79 Å². The van der Waals surface area contributed by atoms with Gasteiger partial charge in [-0.05, 0) is 31.2 Å². The first-order chi connectivity index (χ1) is 10.2. The Hall–Kier alpha value is -1.68. The summed E-state index contributed by atoms with van der Waals surface area (Å²) in [4.78, 5) is 18.7. The Morgan fingerprint density at radius 3 is 2.81 bits per heavy atom. The van der Waals surface area contributed by atoms with Crippen LogP contribution in [0.1, 0.15) is 41.4 Å². The maximum Gasteiger partial charge on any atom is 0.222 e. The summed E-state index contributed by atoms with van der Waals surface area (Å²) < 4.78 is 0. The summed E-state index contributed by atoms with van der Waals surface area (Å²) >= 11 is 1.65. The first kappa shape index (κ1) is 14.3. The van der Waals surface area contributed by atoms with Crippen molar-refractivity contribution in [3.63, 3.8) is 0 Å². The Bertz CT molecular complexity index is 608. The quantitative estimate of drug-likeness (QED) is 0.865. The number of thiazole rings is 1. The van der Waals surface area contributed by atoms with Gasteiger partial charge in [0.25, 0.3) is 0 Å². The second-order valence-electron chi connectivity index (χ2n) is 5.61. The summed E-state index contributed by atoms with van der Waals surface area (Å²) in [6.45, 7) is 3.49. The van der Waals surface area contributed by atoms with E-state index in [2.05, 4.69) is 34.6 Å². The zero-order valence-electron chi connectivity index (χ0n) is 12.3. The van der Waals surface area contributed by atoms with Crippen molar-refractivity contribution in [1.82, 2.24) is 9.88 Å². The van der Waals surface area contributed by atoms with E-state index in [0.717, 1.165) is 30.1 Å². The molecule has 0 N–H and O–H groups in total. The third kappa shape index (κ3) is 3.50. The predicted molar refractivity (Wildman–Crippen MR) is 85.3 cm³/mol. The highest BCUT2D eigenvalue weighted by Crippen LogP contribution is 2.28. The highest BCUT2D eigenvalue weighted by molar-refractivity contribution is 7.09. The Morgan fingerprint density at radius 1 is 1.29 bits per heavy atom. The topological polar surface area (TPSA) is 33.2 Å². The second-order valence-corrected chi connectivity index (χ2v) is 6.67. The fraction of sp³-hybridized carbons (Fsp3) is 0.412. The normalized spacial score (nSPS) is 19.6. The van der Waals surface area contributed by atoms with E-state index in [9.17, 15) is 4.79 Å². The molecule has 1 aromatic carbocycles. The maximum absolute atomic E-state index is 12.3. The molecule has 0 saturated carbocycles. The van der Waals surface area contributed by atoms with Gasteiger partial charge in [0.2, 0.25) is 5.91 Å². The van der Waals surface area contributed by atoms with Gasteiger partial charge in [-0.15, -0.1) is 11.3 Å². The Morgan fingerprint density at radius 2 is 2.10 bits per heavy atom. The Labute approximate surface area is 129 Å². The molecule has 0 bridgehead atoms. The van der Waals surface area contributed by atoms with Crippen LogP contribution in [0, 0.1) is 6.92 Å². The SMILES string of the molecule is Cc1nc(CN2CCC(c3ccccc3)CCC2=O)cs1. The van der Waals surface area contributed by atoms with Crippen LogP contribution in [-0.4, -0.2) is 22.3 Å². The molecule has 110 valence electrons. The molecule has 1 aromatic heterocycles. The van der Waals surface area contributed by atoms with E-state index in [1.54, 1.807) is 11.3 Å². The van der Waals surface area contributed by atoms with Crippen molar-refractivity contribution in [3.05, 3.63) is 52.0 Å². The van der Waals surface area contributed by atoms with Crippen molar-refractivity contribution in [2.45, 2.75) is 38.6 Å². The van der Waals surface area contributed by atoms with E-state index >= 15 is 0 Å². The first-order valence-electron chi connectivity index (χ1n) is 7.46. The lowest BCUT2D eigenvalue weighted by molar-refractivity contribution is -0.131. The molecule has 3 rings (SSSR count). The van der Waals surface area contributed by atoms with Crippen LogP contribution in [0.5, 0.6) is 0 Å². The van der Waals surface area contributed by atoms with Gasteiger partial charge in [0.15, 0.2) is 0 Å². The molecule has 2 heterocycles.